The Morgan fingerprint density at radius 3 is 2.73 bits per heavy atom. The van der Waals surface area contributed by atoms with Gasteiger partial charge in [0.1, 0.15) is 17.4 Å². The maximum Gasteiger partial charge on any atom is 0.251 e. The number of aryl methyl sites for hydroxylation is 1. The van der Waals surface area contributed by atoms with Crippen LogP contribution < -0.4 is 15.5 Å². The molecule has 4 aromatic rings. The monoisotopic (exact) mass is 517 g/mol. The van der Waals surface area contributed by atoms with Crippen LogP contribution in [0.5, 0.6) is 5.75 Å². The molecule has 0 saturated carbocycles. The topological polar surface area (TPSA) is 117 Å². The number of pyridine rings is 1. The summed E-state index contributed by atoms with van der Waals surface area (Å²) in [6, 6.07) is 16.4. The van der Waals surface area contributed by atoms with Gasteiger partial charge in [-0.15, -0.1) is 11.3 Å². The number of hydrogen-bond donors (Lipinski definition) is 3. The molecule has 10 heteroatoms. The van der Waals surface area contributed by atoms with Crippen molar-refractivity contribution >= 4 is 34.1 Å². The number of likely N-dealkylation sites (tertiary alicyclic amines) is 1. The minimum Gasteiger partial charge on any atom is -0.489 e. The standard InChI is InChI=1S/C27H27N5O4S/c1-17-12-19(21-4-2-3-5-23(21)29-17)16-36-20-8-6-18(7-9-20)26(33)30-24-14-32(13-22(24)27(34)31-35)15-25-28-10-11-37-25/h2-12,22,24,35H,13-16H2,1H3,(H,30,33)(H,31,34)/t22-,24+/m0/s1. The Morgan fingerprint density at radius 2 is 1.97 bits per heavy atom. The highest BCUT2D eigenvalue weighted by molar-refractivity contribution is 7.09. The third kappa shape index (κ3) is 5.77. The predicted octanol–water partition coefficient (Wildman–Crippen LogP) is 3.31. The summed E-state index contributed by atoms with van der Waals surface area (Å²) in [6.45, 7) is 3.81. The molecule has 5 rings (SSSR count). The van der Waals surface area contributed by atoms with E-state index >= 15 is 0 Å². The number of hydrogen-bond acceptors (Lipinski definition) is 8. The van der Waals surface area contributed by atoms with Crippen molar-refractivity contribution in [1.29, 1.82) is 0 Å². The number of rotatable bonds is 8. The lowest BCUT2D eigenvalue weighted by Crippen LogP contribution is -2.45. The summed E-state index contributed by atoms with van der Waals surface area (Å²) in [6.07, 6.45) is 1.74. The van der Waals surface area contributed by atoms with Gasteiger partial charge in [0.15, 0.2) is 0 Å². The molecule has 0 unspecified atom stereocenters. The average Bonchev–Trinajstić information content (AvgIpc) is 3.57. The van der Waals surface area contributed by atoms with Gasteiger partial charge in [-0.3, -0.25) is 24.7 Å². The molecule has 1 fully saturated rings. The highest BCUT2D eigenvalue weighted by Crippen LogP contribution is 2.23. The van der Waals surface area contributed by atoms with Crippen LogP contribution in [0.15, 0.2) is 66.2 Å². The summed E-state index contributed by atoms with van der Waals surface area (Å²) in [5.74, 6) is -0.744. The van der Waals surface area contributed by atoms with E-state index in [0.29, 0.717) is 37.6 Å². The number of thiazole rings is 1. The average molecular weight is 518 g/mol. The molecule has 0 spiro atoms. The summed E-state index contributed by atoms with van der Waals surface area (Å²) in [7, 11) is 0. The van der Waals surface area contributed by atoms with Gasteiger partial charge in [-0.25, -0.2) is 10.5 Å². The molecule has 2 amide bonds. The number of hydroxylamine groups is 1. The molecule has 1 aliphatic rings. The molecule has 190 valence electrons. The smallest absolute Gasteiger partial charge is 0.251 e. The van der Waals surface area contributed by atoms with Gasteiger partial charge in [0, 0.05) is 46.9 Å². The Morgan fingerprint density at radius 1 is 1.16 bits per heavy atom. The normalized spacial score (nSPS) is 17.6. The summed E-state index contributed by atoms with van der Waals surface area (Å²) in [5, 5.41) is 16.0. The maximum atomic E-state index is 13.0. The molecular weight excluding hydrogens is 490 g/mol. The number of nitrogens with one attached hydrogen (secondary N) is 2. The van der Waals surface area contributed by atoms with Crippen LogP contribution in [0.2, 0.25) is 0 Å². The predicted molar refractivity (Wildman–Crippen MR) is 139 cm³/mol. The fraction of sp³-hybridized carbons (Fsp3) is 0.259. The lowest BCUT2D eigenvalue weighted by atomic mass is 10.0. The Labute approximate surface area is 218 Å². The van der Waals surface area contributed by atoms with Crippen molar-refractivity contribution in [2.24, 2.45) is 5.92 Å². The zero-order chi connectivity index (χ0) is 25.8. The molecule has 3 heterocycles. The molecule has 3 N–H and O–H groups in total. The number of carbonyl (C=O) groups is 2. The first-order valence-corrected chi connectivity index (χ1v) is 12.8. The first-order valence-electron chi connectivity index (χ1n) is 11.9. The Kier molecular flexibility index (Phi) is 7.40. The summed E-state index contributed by atoms with van der Waals surface area (Å²) >= 11 is 1.54. The molecule has 37 heavy (non-hydrogen) atoms. The van der Waals surface area contributed by atoms with Crippen LogP contribution in [0.4, 0.5) is 0 Å². The van der Waals surface area contributed by atoms with E-state index in [-0.39, 0.29) is 5.91 Å². The molecule has 2 aromatic carbocycles. The van der Waals surface area contributed by atoms with Crippen molar-refractivity contribution in [1.82, 2.24) is 25.7 Å². The first kappa shape index (κ1) is 24.8. The molecule has 2 aromatic heterocycles. The van der Waals surface area contributed by atoms with E-state index in [1.165, 1.54) is 11.3 Å². The van der Waals surface area contributed by atoms with Gasteiger partial charge < -0.3 is 10.1 Å². The number of nitrogens with zero attached hydrogens (tertiary/aromatic N) is 3. The van der Waals surface area contributed by atoms with E-state index in [2.05, 4.69) is 15.3 Å². The lowest BCUT2D eigenvalue weighted by molar-refractivity contribution is -0.133. The van der Waals surface area contributed by atoms with Crippen molar-refractivity contribution in [2.75, 3.05) is 13.1 Å². The number of benzene rings is 2. The Bertz CT molecular complexity index is 1390. The Hall–Kier alpha value is -3.86. The summed E-state index contributed by atoms with van der Waals surface area (Å²) in [4.78, 5) is 36.1. The highest BCUT2D eigenvalue weighted by Gasteiger charge is 2.38. The lowest BCUT2D eigenvalue weighted by Gasteiger charge is -2.18. The second kappa shape index (κ2) is 11.0. The van der Waals surface area contributed by atoms with Crippen LogP contribution in [0, 0.1) is 12.8 Å². The van der Waals surface area contributed by atoms with E-state index in [1.807, 2.05) is 47.5 Å². The minimum atomic E-state index is -0.574. The molecule has 1 aliphatic heterocycles. The molecular formula is C27H27N5O4S. The van der Waals surface area contributed by atoms with Crippen molar-refractivity contribution in [3.05, 3.63) is 88.0 Å². The molecule has 0 radical (unpaired) electrons. The zero-order valence-corrected chi connectivity index (χ0v) is 21.1. The van der Waals surface area contributed by atoms with Crippen molar-refractivity contribution in [3.63, 3.8) is 0 Å². The van der Waals surface area contributed by atoms with Crippen molar-refractivity contribution in [3.8, 4) is 5.75 Å². The van der Waals surface area contributed by atoms with E-state index in [9.17, 15) is 14.8 Å². The van der Waals surface area contributed by atoms with Gasteiger partial charge in [-0.05, 0) is 43.3 Å². The molecule has 9 nitrogen and oxygen atoms in total. The van der Waals surface area contributed by atoms with Crippen LogP contribution >= 0.6 is 11.3 Å². The van der Waals surface area contributed by atoms with Crippen molar-refractivity contribution in [2.45, 2.75) is 26.1 Å². The second-order valence-corrected chi connectivity index (χ2v) is 10.0. The quantitative estimate of drug-likeness (QED) is 0.243. The van der Waals surface area contributed by atoms with Crippen LogP contribution in [-0.2, 0) is 17.9 Å². The van der Waals surface area contributed by atoms with Crippen LogP contribution in [0.1, 0.15) is 26.6 Å². The number of aromatic nitrogens is 2. The molecule has 0 aliphatic carbocycles. The van der Waals surface area contributed by atoms with Crippen LogP contribution in [0.25, 0.3) is 10.9 Å². The Balaban J connectivity index is 1.22. The number of amides is 2. The number of carbonyl (C=O) groups excluding carboxylic acids is 2. The summed E-state index contributed by atoms with van der Waals surface area (Å²) < 4.78 is 6.00. The highest BCUT2D eigenvalue weighted by atomic mass is 32.1. The third-order valence-electron chi connectivity index (χ3n) is 6.44. The fourth-order valence-corrected chi connectivity index (χ4v) is 5.32. The van der Waals surface area contributed by atoms with Gasteiger partial charge in [-0.2, -0.15) is 0 Å². The van der Waals surface area contributed by atoms with E-state index < -0.39 is 17.9 Å². The van der Waals surface area contributed by atoms with E-state index in [1.54, 1.807) is 35.9 Å². The SMILES string of the molecule is Cc1cc(COc2ccc(C(=O)N[C@@H]3CN(Cc4nccs4)C[C@@H]3C(=O)NO)cc2)c2ccccc2n1. The minimum absolute atomic E-state index is 0.292. The fourth-order valence-electron chi connectivity index (χ4n) is 4.66. The number of ether oxygens (including phenoxy) is 1. The maximum absolute atomic E-state index is 13.0. The van der Waals surface area contributed by atoms with Gasteiger partial charge in [0.05, 0.1) is 24.0 Å². The number of para-hydroxylation sites is 1. The van der Waals surface area contributed by atoms with Gasteiger partial charge in [0.2, 0.25) is 5.91 Å². The zero-order valence-electron chi connectivity index (χ0n) is 20.3. The van der Waals surface area contributed by atoms with Gasteiger partial charge >= 0.3 is 0 Å². The molecule has 0 bridgehead atoms. The van der Waals surface area contributed by atoms with Crippen LogP contribution in [-0.4, -0.2) is 51.0 Å². The third-order valence-corrected chi connectivity index (χ3v) is 7.21. The first-order chi connectivity index (χ1) is 18.0. The van der Waals surface area contributed by atoms with Crippen LogP contribution in [0.3, 0.4) is 0 Å². The molecule has 2 atom stereocenters. The van der Waals surface area contributed by atoms with Crippen molar-refractivity contribution < 1.29 is 19.5 Å². The largest absolute Gasteiger partial charge is 0.489 e. The van der Waals surface area contributed by atoms with E-state index in [4.69, 9.17) is 4.74 Å². The van der Waals surface area contributed by atoms with Gasteiger partial charge in [0.25, 0.3) is 5.91 Å². The second-order valence-electron chi connectivity index (χ2n) is 9.04. The molecule has 1 saturated heterocycles. The van der Waals surface area contributed by atoms with E-state index in [0.717, 1.165) is 27.2 Å². The summed E-state index contributed by atoms with van der Waals surface area (Å²) in [5.41, 5.74) is 5.08. The number of fused-ring (bicyclic) bond motifs is 1. The van der Waals surface area contributed by atoms with Gasteiger partial charge in [-0.1, -0.05) is 18.2 Å².